The van der Waals surface area contributed by atoms with Crippen LogP contribution in [0.4, 0.5) is 5.69 Å². The fourth-order valence-corrected chi connectivity index (χ4v) is 3.71. The molecule has 2 heterocycles. The number of hydrogen-bond acceptors (Lipinski definition) is 7. The van der Waals surface area contributed by atoms with Crippen LogP contribution in [0.3, 0.4) is 0 Å². The van der Waals surface area contributed by atoms with Gasteiger partial charge in [-0.05, 0) is 42.1 Å². The number of thiophene rings is 1. The molecule has 144 valence electrons. The van der Waals surface area contributed by atoms with E-state index in [0.717, 1.165) is 16.3 Å². The number of esters is 1. The van der Waals surface area contributed by atoms with E-state index in [4.69, 9.17) is 9.47 Å². The van der Waals surface area contributed by atoms with Crippen LogP contribution in [0, 0.1) is 6.92 Å². The zero-order valence-electron chi connectivity index (χ0n) is 15.3. The van der Waals surface area contributed by atoms with E-state index in [1.807, 2.05) is 36.6 Å². The lowest BCUT2D eigenvalue weighted by Gasteiger charge is -2.05. The zero-order chi connectivity index (χ0) is 19.9. The van der Waals surface area contributed by atoms with Crippen LogP contribution >= 0.6 is 22.7 Å². The summed E-state index contributed by atoms with van der Waals surface area (Å²) in [6.45, 7) is 2.35. The minimum atomic E-state index is -0.477. The standard InChI is InChI=1S/C20H18N2O4S2/c1-13-21-15(12-28-13)11-26-16-5-3-4-14(10-16)6-7-18(23)22-17-8-9-27-19(17)20(24)25-2/h3-10,12H,11H2,1-2H3,(H,22,23)/b7-6+. The van der Waals surface area contributed by atoms with Crippen molar-refractivity contribution in [1.29, 1.82) is 0 Å². The molecule has 0 aliphatic rings. The number of thiazole rings is 1. The number of carbonyl (C=O) groups is 2. The van der Waals surface area contributed by atoms with Crippen LogP contribution in [0.1, 0.15) is 25.9 Å². The van der Waals surface area contributed by atoms with Crippen molar-refractivity contribution in [2.24, 2.45) is 0 Å². The summed E-state index contributed by atoms with van der Waals surface area (Å²) in [6, 6.07) is 9.08. The van der Waals surface area contributed by atoms with E-state index in [0.29, 0.717) is 22.9 Å². The van der Waals surface area contributed by atoms with Gasteiger partial charge in [-0.3, -0.25) is 4.79 Å². The van der Waals surface area contributed by atoms with Crippen LogP contribution < -0.4 is 10.1 Å². The van der Waals surface area contributed by atoms with E-state index in [9.17, 15) is 9.59 Å². The molecule has 0 fully saturated rings. The average molecular weight is 415 g/mol. The Morgan fingerprint density at radius 2 is 2.11 bits per heavy atom. The molecule has 0 radical (unpaired) electrons. The van der Waals surface area contributed by atoms with Crippen LogP contribution in [0.25, 0.3) is 6.08 Å². The van der Waals surface area contributed by atoms with Gasteiger partial charge in [0.05, 0.1) is 23.5 Å². The predicted octanol–water partition coefficient (Wildman–Crippen LogP) is 4.53. The van der Waals surface area contributed by atoms with Crippen molar-refractivity contribution in [2.45, 2.75) is 13.5 Å². The molecular weight excluding hydrogens is 396 g/mol. The first kappa shape index (κ1) is 19.8. The minimum absolute atomic E-state index is 0.340. The molecule has 2 aromatic heterocycles. The molecule has 0 saturated heterocycles. The maximum atomic E-state index is 12.2. The number of anilines is 1. The van der Waals surface area contributed by atoms with Gasteiger partial charge < -0.3 is 14.8 Å². The Bertz CT molecular complexity index is 1010. The van der Waals surface area contributed by atoms with Gasteiger partial charge >= 0.3 is 5.97 Å². The van der Waals surface area contributed by atoms with Gasteiger partial charge in [-0.1, -0.05) is 12.1 Å². The Kier molecular flexibility index (Phi) is 6.57. The number of nitrogens with zero attached hydrogens (tertiary/aromatic N) is 1. The van der Waals surface area contributed by atoms with Crippen LogP contribution in [0.5, 0.6) is 5.75 Å². The highest BCUT2D eigenvalue weighted by Crippen LogP contribution is 2.23. The Labute approximate surface area is 170 Å². The Morgan fingerprint density at radius 3 is 2.86 bits per heavy atom. The van der Waals surface area contributed by atoms with Gasteiger partial charge in [0.2, 0.25) is 5.91 Å². The number of benzene rings is 1. The highest BCUT2D eigenvalue weighted by atomic mass is 32.1. The molecule has 1 N–H and O–H groups in total. The first-order valence-electron chi connectivity index (χ1n) is 8.34. The second kappa shape index (κ2) is 9.29. The summed E-state index contributed by atoms with van der Waals surface area (Å²) in [4.78, 5) is 28.5. The van der Waals surface area contributed by atoms with E-state index in [-0.39, 0.29) is 5.91 Å². The summed E-state index contributed by atoms with van der Waals surface area (Å²) < 4.78 is 10.5. The third-order valence-electron chi connectivity index (χ3n) is 3.63. The number of amides is 1. The first-order chi connectivity index (χ1) is 13.5. The molecular formula is C20H18N2O4S2. The van der Waals surface area contributed by atoms with Gasteiger partial charge in [0.15, 0.2) is 0 Å². The summed E-state index contributed by atoms with van der Waals surface area (Å²) in [5.41, 5.74) is 2.14. The van der Waals surface area contributed by atoms with E-state index < -0.39 is 5.97 Å². The third-order valence-corrected chi connectivity index (χ3v) is 5.35. The lowest BCUT2D eigenvalue weighted by Crippen LogP contribution is -2.10. The first-order valence-corrected chi connectivity index (χ1v) is 10.1. The SMILES string of the molecule is COC(=O)c1sccc1NC(=O)/C=C/c1cccc(OCc2csc(C)n2)c1. The molecule has 3 rings (SSSR count). The molecule has 28 heavy (non-hydrogen) atoms. The second-order valence-electron chi connectivity index (χ2n) is 5.70. The Morgan fingerprint density at radius 1 is 1.25 bits per heavy atom. The van der Waals surface area contributed by atoms with E-state index in [1.54, 1.807) is 28.9 Å². The molecule has 0 bridgehead atoms. The van der Waals surface area contributed by atoms with Crippen molar-refractivity contribution in [2.75, 3.05) is 12.4 Å². The normalized spacial score (nSPS) is 10.8. The molecule has 1 amide bonds. The minimum Gasteiger partial charge on any atom is -0.487 e. The molecule has 0 unspecified atom stereocenters. The average Bonchev–Trinajstić information content (AvgIpc) is 3.33. The lowest BCUT2D eigenvalue weighted by atomic mass is 10.2. The van der Waals surface area contributed by atoms with E-state index >= 15 is 0 Å². The number of methoxy groups -OCH3 is 1. The Hall–Kier alpha value is -2.97. The summed E-state index contributed by atoms with van der Waals surface area (Å²) in [7, 11) is 1.30. The predicted molar refractivity (Wildman–Crippen MR) is 111 cm³/mol. The van der Waals surface area contributed by atoms with Gasteiger partial charge in [0.25, 0.3) is 0 Å². The maximum absolute atomic E-state index is 12.2. The van der Waals surface area contributed by atoms with Gasteiger partial charge in [-0.25, -0.2) is 9.78 Å². The molecule has 0 aliphatic heterocycles. The summed E-state index contributed by atoms with van der Waals surface area (Å²) in [5, 5.41) is 7.37. The number of rotatable bonds is 7. The topological polar surface area (TPSA) is 77.5 Å². The van der Waals surface area contributed by atoms with Gasteiger partial charge in [0, 0.05) is 11.5 Å². The highest BCUT2D eigenvalue weighted by molar-refractivity contribution is 7.12. The molecule has 0 aliphatic carbocycles. The number of nitrogens with one attached hydrogen (secondary N) is 1. The fraction of sp³-hybridized carbons (Fsp3) is 0.150. The van der Waals surface area contributed by atoms with Crippen molar-refractivity contribution in [1.82, 2.24) is 4.98 Å². The molecule has 0 saturated carbocycles. The lowest BCUT2D eigenvalue weighted by molar-refractivity contribution is -0.111. The summed E-state index contributed by atoms with van der Waals surface area (Å²) in [5.74, 6) is -0.124. The van der Waals surface area contributed by atoms with Crippen LogP contribution in [0.15, 0.2) is 47.2 Å². The van der Waals surface area contributed by atoms with Crippen LogP contribution in [-0.4, -0.2) is 24.0 Å². The number of aromatic nitrogens is 1. The summed E-state index contributed by atoms with van der Waals surface area (Å²) >= 11 is 2.80. The van der Waals surface area contributed by atoms with Crippen LogP contribution in [0.2, 0.25) is 0 Å². The van der Waals surface area contributed by atoms with Gasteiger partial charge in [-0.2, -0.15) is 0 Å². The molecule has 0 atom stereocenters. The molecule has 0 spiro atoms. The zero-order valence-corrected chi connectivity index (χ0v) is 16.9. The number of carbonyl (C=O) groups excluding carboxylic acids is 2. The second-order valence-corrected chi connectivity index (χ2v) is 7.67. The van der Waals surface area contributed by atoms with E-state index in [2.05, 4.69) is 10.3 Å². The molecule has 1 aromatic carbocycles. The molecule has 3 aromatic rings. The third kappa shape index (κ3) is 5.28. The number of hydrogen-bond donors (Lipinski definition) is 1. The number of aryl methyl sites for hydroxylation is 1. The van der Waals surface area contributed by atoms with Crippen LogP contribution in [-0.2, 0) is 16.1 Å². The van der Waals surface area contributed by atoms with Gasteiger partial charge in [-0.15, -0.1) is 22.7 Å². The summed E-state index contributed by atoms with van der Waals surface area (Å²) in [6.07, 6.45) is 3.08. The van der Waals surface area contributed by atoms with Crippen molar-refractivity contribution in [3.8, 4) is 5.75 Å². The van der Waals surface area contributed by atoms with Crippen molar-refractivity contribution in [3.05, 3.63) is 68.3 Å². The maximum Gasteiger partial charge on any atom is 0.350 e. The molecule has 8 heteroatoms. The monoisotopic (exact) mass is 414 g/mol. The fourth-order valence-electron chi connectivity index (χ4n) is 2.34. The van der Waals surface area contributed by atoms with Gasteiger partial charge in [0.1, 0.15) is 17.2 Å². The van der Waals surface area contributed by atoms with Crippen molar-refractivity contribution < 1.29 is 19.1 Å². The quantitative estimate of drug-likeness (QED) is 0.454. The van der Waals surface area contributed by atoms with Crippen molar-refractivity contribution >= 4 is 46.3 Å². The largest absolute Gasteiger partial charge is 0.487 e. The van der Waals surface area contributed by atoms with Crippen molar-refractivity contribution in [3.63, 3.8) is 0 Å². The number of ether oxygens (including phenoxy) is 2. The Balaban J connectivity index is 1.60. The highest BCUT2D eigenvalue weighted by Gasteiger charge is 2.14. The molecule has 6 nitrogen and oxygen atoms in total. The smallest absolute Gasteiger partial charge is 0.350 e. The van der Waals surface area contributed by atoms with E-state index in [1.165, 1.54) is 24.5 Å².